The van der Waals surface area contributed by atoms with E-state index in [0.29, 0.717) is 24.5 Å². The Labute approximate surface area is 180 Å². The number of thioether (sulfide) groups is 1. The first-order valence-corrected chi connectivity index (χ1v) is 11.0. The third kappa shape index (κ3) is 4.28. The number of hydrogen-bond acceptors (Lipinski definition) is 8. The number of fused-ring (bicyclic) bond motifs is 1. The second-order valence-electron chi connectivity index (χ2n) is 7.17. The largest absolute Gasteiger partial charge is 0.488 e. The van der Waals surface area contributed by atoms with Gasteiger partial charge in [0.15, 0.2) is 11.6 Å². The van der Waals surface area contributed by atoms with Crippen molar-refractivity contribution < 1.29 is 14.3 Å². The highest BCUT2D eigenvalue weighted by Crippen LogP contribution is 2.36. The fraction of sp³-hybridized carbons (Fsp3) is 0.318. The van der Waals surface area contributed by atoms with E-state index in [1.54, 1.807) is 18.0 Å². The normalized spacial score (nSPS) is 18.0. The molecule has 0 spiro atoms. The van der Waals surface area contributed by atoms with Gasteiger partial charge in [-0.2, -0.15) is 0 Å². The Kier molecular flexibility index (Phi) is 5.94. The molecule has 0 radical (unpaired) electrons. The quantitative estimate of drug-likeness (QED) is 0.566. The number of allylic oxidation sites excluding steroid dienone is 2. The van der Waals surface area contributed by atoms with Crippen molar-refractivity contribution in [1.82, 2.24) is 9.97 Å². The van der Waals surface area contributed by atoms with E-state index in [-0.39, 0.29) is 11.9 Å². The Hall–Kier alpha value is -3.00. The molecule has 2 aromatic rings. The van der Waals surface area contributed by atoms with Crippen LogP contribution in [0.15, 0.2) is 58.9 Å². The summed E-state index contributed by atoms with van der Waals surface area (Å²) in [5.41, 5.74) is 2.31. The van der Waals surface area contributed by atoms with Crippen LogP contribution in [0.25, 0.3) is 0 Å². The Morgan fingerprint density at radius 1 is 1.40 bits per heavy atom. The second kappa shape index (κ2) is 8.79. The van der Waals surface area contributed by atoms with Gasteiger partial charge in [0.1, 0.15) is 12.4 Å². The predicted molar refractivity (Wildman–Crippen MR) is 118 cm³/mol. The Balaban J connectivity index is 1.58. The van der Waals surface area contributed by atoms with E-state index in [9.17, 15) is 4.79 Å². The molecule has 0 amide bonds. The van der Waals surface area contributed by atoms with E-state index in [2.05, 4.69) is 27.1 Å². The lowest BCUT2D eigenvalue weighted by atomic mass is 9.95. The molecule has 1 aliphatic carbocycles. The average molecular weight is 425 g/mol. The van der Waals surface area contributed by atoms with Crippen LogP contribution in [-0.4, -0.2) is 42.5 Å². The molecule has 3 heterocycles. The molecule has 0 aromatic carbocycles. The molecule has 1 aliphatic heterocycles. The maximum atomic E-state index is 11.9. The summed E-state index contributed by atoms with van der Waals surface area (Å²) < 4.78 is 10.7. The van der Waals surface area contributed by atoms with Crippen molar-refractivity contribution in [2.45, 2.75) is 18.4 Å². The maximum Gasteiger partial charge on any atom is 0.337 e. The fourth-order valence-electron chi connectivity index (χ4n) is 3.58. The first kappa shape index (κ1) is 20.3. The van der Waals surface area contributed by atoms with Gasteiger partial charge in [0.2, 0.25) is 0 Å². The monoisotopic (exact) mass is 424 g/mol. The minimum Gasteiger partial charge on any atom is -0.488 e. The Bertz CT molecular complexity index is 1020. The first-order valence-electron chi connectivity index (χ1n) is 9.76. The number of aromatic nitrogens is 2. The van der Waals surface area contributed by atoms with Crippen molar-refractivity contribution in [3.05, 3.63) is 53.9 Å². The number of esters is 1. The van der Waals surface area contributed by atoms with Gasteiger partial charge in [-0.15, -0.1) is 11.8 Å². The molecule has 4 rings (SSSR count). The number of anilines is 3. The van der Waals surface area contributed by atoms with Gasteiger partial charge < -0.3 is 19.7 Å². The molecular weight excluding hydrogens is 400 g/mol. The van der Waals surface area contributed by atoms with Crippen molar-refractivity contribution in [3.63, 3.8) is 0 Å². The zero-order valence-electron chi connectivity index (χ0n) is 17.2. The molecule has 0 saturated heterocycles. The summed E-state index contributed by atoms with van der Waals surface area (Å²) in [5, 5.41) is 4.34. The zero-order valence-corrected chi connectivity index (χ0v) is 18.0. The fourth-order valence-corrected chi connectivity index (χ4v) is 3.98. The van der Waals surface area contributed by atoms with Crippen molar-refractivity contribution >= 4 is 35.1 Å². The number of nitrogens with one attached hydrogen (secondary N) is 1. The van der Waals surface area contributed by atoms with Crippen LogP contribution in [0.1, 0.15) is 13.3 Å². The summed E-state index contributed by atoms with van der Waals surface area (Å²) >= 11 is 1.61. The van der Waals surface area contributed by atoms with Crippen LogP contribution >= 0.6 is 11.8 Å². The summed E-state index contributed by atoms with van der Waals surface area (Å²) in [5.74, 6) is 2.22. The van der Waals surface area contributed by atoms with E-state index in [1.807, 2.05) is 42.7 Å². The van der Waals surface area contributed by atoms with E-state index >= 15 is 0 Å². The number of hydrogen-bond donors (Lipinski definition) is 1. The lowest BCUT2D eigenvalue weighted by molar-refractivity contribution is -0.135. The minimum atomic E-state index is -0.330. The van der Waals surface area contributed by atoms with Crippen molar-refractivity contribution in [1.29, 1.82) is 0 Å². The van der Waals surface area contributed by atoms with Crippen molar-refractivity contribution in [3.8, 4) is 5.75 Å². The molecule has 1 atom stereocenters. The molecular formula is C22H24N4O3S. The van der Waals surface area contributed by atoms with Gasteiger partial charge in [-0.1, -0.05) is 19.1 Å². The smallest absolute Gasteiger partial charge is 0.337 e. The van der Waals surface area contributed by atoms with Gasteiger partial charge >= 0.3 is 5.97 Å². The molecule has 2 aliphatic rings. The summed E-state index contributed by atoms with van der Waals surface area (Å²) in [6, 6.07) is 7.92. The van der Waals surface area contributed by atoms with Crippen LogP contribution in [0.2, 0.25) is 0 Å². The highest BCUT2D eigenvalue weighted by Gasteiger charge is 2.23. The zero-order chi connectivity index (χ0) is 21.1. The molecule has 0 saturated carbocycles. The van der Waals surface area contributed by atoms with Crippen LogP contribution in [-0.2, 0) is 9.53 Å². The van der Waals surface area contributed by atoms with Crippen molar-refractivity contribution in [2.24, 2.45) is 5.92 Å². The number of carbonyl (C=O) groups is 1. The first-order chi connectivity index (χ1) is 14.6. The average Bonchev–Trinajstić information content (AvgIpc) is 2.77. The molecule has 0 unspecified atom stereocenters. The maximum absolute atomic E-state index is 11.9. The highest BCUT2D eigenvalue weighted by molar-refractivity contribution is 7.98. The van der Waals surface area contributed by atoms with Crippen LogP contribution in [0, 0.1) is 5.92 Å². The van der Waals surface area contributed by atoms with Gasteiger partial charge in [-0.25, -0.2) is 14.8 Å². The number of ether oxygens (including phenoxy) is 2. The molecule has 1 N–H and O–H groups in total. The predicted octanol–water partition coefficient (Wildman–Crippen LogP) is 4.16. The van der Waals surface area contributed by atoms with E-state index < -0.39 is 0 Å². The number of methoxy groups -OCH3 is 1. The SMILES string of the molecule is COC(=O)C1=C[C@H](C)CC(Nc2cnc3c(c2)OCCN3c2cccc(SC)n2)=C1. The number of pyridine rings is 2. The molecule has 2 aromatic heterocycles. The van der Waals surface area contributed by atoms with E-state index in [1.165, 1.54) is 7.11 Å². The lowest BCUT2D eigenvalue weighted by Crippen LogP contribution is -2.30. The summed E-state index contributed by atoms with van der Waals surface area (Å²) in [7, 11) is 1.39. The van der Waals surface area contributed by atoms with Crippen LogP contribution in [0.4, 0.5) is 17.3 Å². The molecule has 0 bridgehead atoms. The number of nitrogens with zero attached hydrogens (tertiary/aromatic N) is 3. The Morgan fingerprint density at radius 2 is 2.27 bits per heavy atom. The lowest BCUT2D eigenvalue weighted by Gasteiger charge is -2.30. The van der Waals surface area contributed by atoms with Crippen LogP contribution in [0.3, 0.4) is 0 Å². The third-order valence-corrected chi connectivity index (χ3v) is 5.56. The van der Waals surface area contributed by atoms with Gasteiger partial charge in [-0.05, 0) is 36.8 Å². The van der Waals surface area contributed by atoms with Gasteiger partial charge in [-0.3, -0.25) is 0 Å². The molecule has 7 nitrogen and oxygen atoms in total. The minimum absolute atomic E-state index is 0.235. The summed E-state index contributed by atoms with van der Waals surface area (Å²) in [6.45, 7) is 3.31. The van der Waals surface area contributed by atoms with E-state index in [0.717, 1.165) is 34.5 Å². The van der Waals surface area contributed by atoms with Gasteiger partial charge in [0, 0.05) is 11.8 Å². The molecule has 156 valence electrons. The molecule has 8 heteroatoms. The van der Waals surface area contributed by atoms with Crippen molar-refractivity contribution in [2.75, 3.05) is 36.7 Å². The summed E-state index contributed by atoms with van der Waals surface area (Å²) in [6.07, 6.45) is 8.35. The number of carbonyl (C=O) groups excluding carboxylic acids is 1. The van der Waals surface area contributed by atoms with E-state index in [4.69, 9.17) is 9.47 Å². The van der Waals surface area contributed by atoms with Gasteiger partial charge in [0.25, 0.3) is 0 Å². The third-order valence-electron chi connectivity index (χ3n) is 4.92. The molecule has 30 heavy (non-hydrogen) atoms. The molecule has 0 fully saturated rings. The topological polar surface area (TPSA) is 76.6 Å². The standard InChI is InChI=1S/C22H24N4O3S/c1-14-9-15(22(27)28-2)11-16(10-14)24-17-12-18-21(23-13-17)26(7-8-29-18)19-5-4-6-20(25-19)30-3/h4-6,9,11-14,24H,7-8,10H2,1-3H3/t14-/m0/s1. The summed E-state index contributed by atoms with van der Waals surface area (Å²) in [4.78, 5) is 23.3. The Morgan fingerprint density at radius 3 is 3.07 bits per heavy atom. The second-order valence-corrected chi connectivity index (χ2v) is 8.00. The number of rotatable bonds is 5. The van der Waals surface area contributed by atoms with Crippen LogP contribution < -0.4 is 15.0 Å². The highest BCUT2D eigenvalue weighted by atomic mass is 32.2. The van der Waals surface area contributed by atoms with Crippen LogP contribution in [0.5, 0.6) is 5.75 Å². The van der Waals surface area contributed by atoms with Gasteiger partial charge in [0.05, 0.1) is 36.1 Å².